The molecule has 1 saturated heterocycles. The Bertz CT molecular complexity index is 381. The summed E-state index contributed by atoms with van der Waals surface area (Å²) in [6.45, 7) is 2.64. The van der Waals surface area contributed by atoms with E-state index >= 15 is 0 Å². The van der Waals surface area contributed by atoms with E-state index in [1.54, 1.807) is 0 Å². The summed E-state index contributed by atoms with van der Waals surface area (Å²) in [5, 5.41) is 0. The zero-order valence-corrected chi connectivity index (χ0v) is 12.2. The van der Waals surface area contributed by atoms with Gasteiger partial charge in [0, 0.05) is 26.7 Å². The quantitative estimate of drug-likeness (QED) is 0.779. The lowest BCUT2D eigenvalue weighted by Crippen LogP contribution is -2.49. The van der Waals surface area contributed by atoms with Gasteiger partial charge in [-0.15, -0.1) is 0 Å². The lowest BCUT2D eigenvalue weighted by molar-refractivity contribution is -0.133. The maximum absolute atomic E-state index is 12.0. The molecule has 1 fully saturated rings. The molecule has 0 radical (unpaired) electrons. The van der Waals surface area contributed by atoms with Crippen molar-refractivity contribution < 1.29 is 13.2 Å². The van der Waals surface area contributed by atoms with Crippen LogP contribution in [0.5, 0.6) is 0 Å². The highest BCUT2D eigenvalue weighted by Gasteiger charge is 2.26. The highest BCUT2D eigenvalue weighted by Crippen LogP contribution is 2.19. The van der Waals surface area contributed by atoms with Gasteiger partial charge in [-0.2, -0.15) is 17.4 Å². The molecular weight excluding hydrogens is 254 g/mol. The second-order valence-corrected chi connectivity index (χ2v) is 6.72. The third-order valence-electron chi connectivity index (χ3n) is 3.31. The van der Waals surface area contributed by atoms with Gasteiger partial charge in [-0.25, -0.2) is 0 Å². The molecule has 0 aromatic heterocycles. The first-order valence-electron chi connectivity index (χ1n) is 6.35. The molecule has 1 amide bonds. The van der Waals surface area contributed by atoms with Crippen LogP contribution in [0.3, 0.4) is 0 Å². The van der Waals surface area contributed by atoms with Gasteiger partial charge in [-0.3, -0.25) is 4.79 Å². The first kappa shape index (κ1) is 15.4. The smallest absolute Gasteiger partial charge is 0.279 e. The minimum absolute atomic E-state index is 0.132. The first-order valence-corrected chi connectivity index (χ1v) is 7.79. The van der Waals surface area contributed by atoms with Crippen LogP contribution >= 0.6 is 0 Å². The Morgan fingerprint density at radius 2 is 2.06 bits per heavy atom. The minimum atomic E-state index is -3.52. The topological polar surface area (TPSA) is 69.7 Å². The van der Waals surface area contributed by atoms with Crippen molar-refractivity contribution >= 4 is 16.1 Å². The summed E-state index contributed by atoms with van der Waals surface area (Å²) in [4.78, 5) is 13.8. The van der Waals surface area contributed by atoms with Crippen LogP contribution in [0.15, 0.2) is 0 Å². The summed E-state index contributed by atoms with van der Waals surface area (Å²) < 4.78 is 26.4. The van der Waals surface area contributed by atoms with E-state index in [-0.39, 0.29) is 18.5 Å². The summed E-state index contributed by atoms with van der Waals surface area (Å²) in [5.74, 6) is -0.132. The molecule has 1 unspecified atom stereocenters. The van der Waals surface area contributed by atoms with Crippen LogP contribution in [0, 0.1) is 0 Å². The largest absolute Gasteiger partial charge is 0.339 e. The van der Waals surface area contributed by atoms with E-state index in [1.165, 1.54) is 14.1 Å². The van der Waals surface area contributed by atoms with Crippen molar-refractivity contribution in [1.29, 1.82) is 0 Å². The molecule has 0 aromatic rings. The lowest BCUT2D eigenvalue weighted by Gasteiger charge is -2.35. The molecule has 18 heavy (non-hydrogen) atoms. The number of likely N-dealkylation sites (tertiary alicyclic amines) is 1. The SMILES string of the molecule is CCC1CCCCN1C(=O)CNS(=O)(=O)N(C)C. The number of amides is 1. The van der Waals surface area contributed by atoms with E-state index in [0.717, 1.165) is 36.5 Å². The predicted octanol–water partition coefficient (Wildman–Crippen LogP) is 0.174. The fraction of sp³-hybridized carbons (Fsp3) is 0.909. The van der Waals surface area contributed by atoms with E-state index < -0.39 is 10.2 Å². The standard InChI is InChI=1S/C11H23N3O3S/c1-4-10-7-5-6-8-14(10)11(15)9-12-18(16,17)13(2)3/h10,12H,4-9H2,1-3H3. The van der Waals surface area contributed by atoms with Crippen LogP contribution in [0.4, 0.5) is 0 Å². The Balaban J connectivity index is 2.54. The number of carbonyl (C=O) groups excluding carboxylic acids is 1. The van der Waals surface area contributed by atoms with Crippen molar-refractivity contribution in [2.45, 2.75) is 38.6 Å². The molecule has 1 heterocycles. The molecule has 6 nitrogen and oxygen atoms in total. The van der Waals surface area contributed by atoms with Crippen molar-refractivity contribution in [3.63, 3.8) is 0 Å². The molecule has 0 spiro atoms. The molecule has 106 valence electrons. The normalized spacial score (nSPS) is 21.3. The van der Waals surface area contributed by atoms with Gasteiger partial charge in [0.1, 0.15) is 0 Å². The van der Waals surface area contributed by atoms with Gasteiger partial charge >= 0.3 is 0 Å². The van der Waals surface area contributed by atoms with Gasteiger partial charge < -0.3 is 4.90 Å². The fourth-order valence-electron chi connectivity index (χ4n) is 2.14. The maximum atomic E-state index is 12.0. The van der Waals surface area contributed by atoms with E-state index in [4.69, 9.17) is 0 Å². The number of hydrogen-bond acceptors (Lipinski definition) is 3. The number of piperidine rings is 1. The van der Waals surface area contributed by atoms with Crippen LogP contribution in [0.25, 0.3) is 0 Å². The monoisotopic (exact) mass is 277 g/mol. The Morgan fingerprint density at radius 3 is 2.61 bits per heavy atom. The molecule has 0 aliphatic carbocycles. The van der Waals surface area contributed by atoms with Gasteiger partial charge in [0.2, 0.25) is 5.91 Å². The molecular formula is C11H23N3O3S. The summed E-state index contributed by atoms with van der Waals surface area (Å²) in [6.07, 6.45) is 4.09. The number of carbonyl (C=O) groups is 1. The van der Waals surface area contributed by atoms with Crippen molar-refractivity contribution in [1.82, 2.24) is 13.9 Å². The number of rotatable bonds is 5. The van der Waals surface area contributed by atoms with Crippen molar-refractivity contribution in [2.24, 2.45) is 0 Å². The molecule has 0 saturated carbocycles. The van der Waals surface area contributed by atoms with Crippen molar-refractivity contribution in [3.05, 3.63) is 0 Å². The number of nitrogens with one attached hydrogen (secondary N) is 1. The predicted molar refractivity (Wildman–Crippen MR) is 70.3 cm³/mol. The Labute approximate surface area is 110 Å². The Kier molecular flexibility index (Phi) is 5.55. The fourth-order valence-corrected chi connectivity index (χ4v) is 2.70. The van der Waals surface area contributed by atoms with Crippen LogP contribution in [-0.4, -0.2) is 56.8 Å². The van der Waals surface area contributed by atoms with E-state index in [9.17, 15) is 13.2 Å². The summed E-state index contributed by atoms with van der Waals surface area (Å²) >= 11 is 0. The van der Waals surface area contributed by atoms with E-state index in [1.807, 2.05) is 4.90 Å². The van der Waals surface area contributed by atoms with Gasteiger partial charge in [-0.1, -0.05) is 6.92 Å². The zero-order valence-electron chi connectivity index (χ0n) is 11.3. The third-order valence-corrected chi connectivity index (χ3v) is 4.78. The summed E-state index contributed by atoms with van der Waals surface area (Å²) in [7, 11) is -0.654. The van der Waals surface area contributed by atoms with Crippen molar-refractivity contribution in [2.75, 3.05) is 27.2 Å². The average Bonchev–Trinajstić information content (AvgIpc) is 2.35. The van der Waals surface area contributed by atoms with E-state index in [2.05, 4.69) is 11.6 Å². The Morgan fingerprint density at radius 1 is 1.39 bits per heavy atom. The molecule has 1 aliphatic heterocycles. The summed E-state index contributed by atoms with van der Waals surface area (Å²) in [6, 6.07) is 0.259. The third kappa shape index (κ3) is 3.93. The maximum Gasteiger partial charge on any atom is 0.279 e. The van der Waals surface area contributed by atoms with Crippen LogP contribution in [0.1, 0.15) is 32.6 Å². The second-order valence-electron chi connectivity index (χ2n) is 4.75. The van der Waals surface area contributed by atoms with Gasteiger partial charge in [-0.05, 0) is 25.7 Å². The highest BCUT2D eigenvalue weighted by atomic mass is 32.2. The second kappa shape index (κ2) is 6.49. The van der Waals surface area contributed by atoms with Crippen molar-refractivity contribution in [3.8, 4) is 0 Å². The van der Waals surface area contributed by atoms with Crippen LogP contribution in [-0.2, 0) is 15.0 Å². The van der Waals surface area contributed by atoms with Gasteiger partial charge in [0.15, 0.2) is 0 Å². The molecule has 1 N–H and O–H groups in total. The lowest BCUT2D eigenvalue weighted by atomic mass is 10.00. The highest BCUT2D eigenvalue weighted by molar-refractivity contribution is 7.87. The van der Waals surface area contributed by atoms with Crippen LogP contribution in [0.2, 0.25) is 0 Å². The van der Waals surface area contributed by atoms with Crippen LogP contribution < -0.4 is 4.72 Å². The molecule has 0 bridgehead atoms. The zero-order chi connectivity index (χ0) is 13.8. The van der Waals surface area contributed by atoms with Gasteiger partial charge in [0.25, 0.3) is 10.2 Å². The average molecular weight is 277 g/mol. The first-order chi connectivity index (χ1) is 8.38. The summed E-state index contributed by atoms with van der Waals surface area (Å²) in [5.41, 5.74) is 0. The Hall–Kier alpha value is -0.660. The molecule has 1 atom stereocenters. The molecule has 7 heteroatoms. The van der Waals surface area contributed by atoms with Gasteiger partial charge in [0.05, 0.1) is 6.54 Å². The minimum Gasteiger partial charge on any atom is -0.339 e. The van der Waals surface area contributed by atoms with E-state index in [0.29, 0.717) is 0 Å². The molecule has 0 aromatic carbocycles. The molecule has 1 aliphatic rings. The number of hydrogen-bond donors (Lipinski definition) is 1. The molecule has 1 rings (SSSR count). The number of nitrogens with zero attached hydrogens (tertiary/aromatic N) is 2.